The Bertz CT molecular complexity index is 723. The monoisotopic (exact) mass is 364 g/mol. The summed E-state index contributed by atoms with van der Waals surface area (Å²) >= 11 is 0. The van der Waals surface area contributed by atoms with Crippen molar-refractivity contribution in [1.82, 2.24) is 10.2 Å². The van der Waals surface area contributed by atoms with Gasteiger partial charge in [0.25, 0.3) is 5.91 Å². The lowest BCUT2D eigenvalue weighted by molar-refractivity contribution is 0.0718. The highest BCUT2D eigenvalue weighted by Crippen LogP contribution is 2.27. The van der Waals surface area contributed by atoms with E-state index in [9.17, 15) is 14.4 Å². The fraction of sp³-hybridized carbons (Fsp3) is 0.611. The number of carbonyl (C=O) groups is 2. The summed E-state index contributed by atoms with van der Waals surface area (Å²) < 4.78 is 15.7. The topological polar surface area (TPSA) is 98.1 Å². The molecule has 2 amide bonds. The van der Waals surface area contributed by atoms with Crippen LogP contribution in [0.2, 0.25) is 0 Å². The minimum absolute atomic E-state index is 0.0158. The van der Waals surface area contributed by atoms with Crippen LogP contribution in [-0.4, -0.2) is 56.4 Å². The Morgan fingerprint density at radius 3 is 2.73 bits per heavy atom. The SMILES string of the molecule is Cc1cc(C2CCOCC2)oc(=O)c1C(=O)NCCN1CCCOC1=O. The van der Waals surface area contributed by atoms with Crippen molar-refractivity contribution in [3.05, 3.63) is 33.4 Å². The molecule has 0 radical (unpaired) electrons. The molecule has 1 N–H and O–H groups in total. The molecule has 26 heavy (non-hydrogen) atoms. The quantitative estimate of drug-likeness (QED) is 0.848. The van der Waals surface area contributed by atoms with Crippen LogP contribution in [0.15, 0.2) is 15.3 Å². The lowest BCUT2D eigenvalue weighted by Crippen LogP contribution is -2.43. The first kappa shape index (κ1) is 18.4. The van der Waals surface area contributed by atoms with E-state index in [1.165, 1.54) is 4.90 Å². The summed E-state index contributed by atoms with van der Waals surface area (Å²) in [5.74, 6) is 0.279. The van der Waals surface area contributed by atoms with Gasteiger partial charge in [-0.1, -0.05) is 0 Å². The number of nitrogens with one attached hydrogen (secondary N) is 1. The number of nitrogens with zero attached hydrogens (tertiary/aromatic N) is 1. The molecule has 3 heterocycles. The Morgan fingerprint density at radius 1 is 1.27 bits per heavy atom. The second-order valence-corrected chi connectivity index (χ2v) is 6.59. The molecule has 2 saturated heterocycles. The second-order valence-electron chi connectivity index (χ2n) is 6.59. The summed E-state index contributed by atoms with van der Waals surface area (Å²) in [6.45, 7) is 4.65. The maximum Gasteiger partial charge on any atom is 0.409 e. The highest BCUT2D eigenvalue weighted by atomic mass is 16.6. The maximum absolute atomic E-state index is 12.4. The van der Waals surface area contributed by atoms with Gasteiger partial charge in [0.15, 0.2) is 0 Å². The molecule has 1 aromatic heterocycles. The first-order valence-electron chi connectivity index (χ1n) is 8.98. The Labute approximate surface area is 151 Å². The van der Waals surface area contributed by atoms with Crippen LogP contribution in [0.4, 0.5) is 4.79 Å². The molecule has 0 atom stereocenters. The molecule has 0 spiro atoms. The van der Waals surface area contributed by atoms with Crippen molar-refractivity contribution in [3.8, 4) is 0 Å². The van der Waals surface area contributed by atoms with Crippen molar-refractivity contribution in [3.63, 3.8) is 0 Å². The first-order chi connectivity index (χ1) is 12.6. The van der Waals surface area contributed by atoms with E-state index in [1.54, 1.807) is 13.0 Å². The summed E-state index contributed by atoms with van der Waals surface area (Å²) in [4.78, 5) is 37.8. The molecule has 0 unspecified atom stereocenters. The third-order valence-corrected chi connectivity index (χ3v) is 4.74. The van der Waals surface area contributed by atoms with Crippen LogP contribution in [0.25, 0.3) is 0 Å². The van der Waals surface area contributed by atoms with Gasteiger partial charge >= 0.3 is 11.7 Å². The van der Waals surface area contributed by atoms with Crippen molar-refractivity contribution >= 4 is 12.0 Å². The zero-order valence-electron chi connectivity index (χ0n) is 14.9. The fourth-order valence-corrected chi connectivity index (χ4v) is 3.28. The second kappa shape index (κ2) is 8.35. The Balaban J connectivity index is 1.61. The van der Waals surface area contributed by atoms with E-state index in [4.69, 9.17) is 13.9 Å². The molecule has 2 aliphatic rings. The van der Waals surface area contributed by atoms with E-state index in [-0.39, 0.29) is 24.1 Å². The van der Waals surface area contributed by atoms with Gasteiger partial charge < -0.3 is 24.1 Å². The van der Waals surface area contributed by atoms with Crippen molar-refractivity contribution < 1.29 is 23.5 Å². The van der Waals surface area contributed by atoms with Gasteiger partial charge in [0.05, 0.1) is 6.61 Å². The predicted octanol–water partition coefficient (Wildman–Crippen LogP) is 1.41. The molecular weight excluding hydrogens is 340 g/mol. The molecule has 3 rings (SSSR count). The van der Waals surface area contributed by atoms with Crippen LogP contribution in [0.5, 0.6) is 0 Å². The highest BCUT2D eigenvalue weighted by molar-refractivity contribution is 5.95. The number of hydrogen-bond acceptors (Lipinski definition) is 6. The fourth-order valence-electron chi connectivity index (χ4n) is 3.28. The van der Waals surface area contributed by atoms with Crippen LogP contribution in [-0.2, 0) is 9.47 Å². The average molecular weight is 364 g/mol. The van der Waals surface area contributed by atoms with E-state index in [1.807, 2.05) is 0 Å². The smallest absolute Gasteiger partial charge is 0.409 e. The Morgan fingerprint density at radius 2 is 2.04 bits per heavy atom. The van der Waals surface area contributed by atoms with Gasteiger partial charge in [0.1, 0.15) is 11.3 Å². The number of amides is 2. The van der Waals surface area contributed by atoms with E-state index in [2.05, 4.69) is 5.32 Å². The summed E-state index contributed by atoms with van der Waals surface area (Å²) in [5.41, 5.74) is -0.0129. The summed E-state index contributed by atoms with van der Waals surface area (Å²) in [6, 6.07) is 1.77. The molecule has 0 saturated carbocycles. The summed E-state index contributed by atoms with van der Waals surface area (Å²) in [5, 5.41) is 2.68. The molecule has 0 aliphatic carbocycles. The average Bonchev–Trinajstić information content (AvgIpc) is 2.63. The van der Waals surface area contributed by atoms with Gasteiger partial charge in [0, 0.05) is 38.8 Å². The minimum atomic E-state index is -0.624. The highest BCUT2D eigenvalue weighted by Gasteiger charge is 2.23. The maximum atomic E-state index is 12.4. The van der Waals surface area contributed by atoms with Gasteiger partial charge in [-0.15, -0.1) is 0 Å². The number of rotatable bonds is 5. The van der Waals surface area contributed by atoms with E-state index < -0.39 is 11.5 Å². The van der Waals surface area contributed by atoms with E-state index in [0.717, 1.165) is 19.3 Å². The molecule has 2 aliphatic heterocycles. The molecule has 8 heteroatoms. The third-order valence-electron chi connectivity index (χ3n) is 4.74. The number of carbonyl (C=O) groups excluding carboxylic acids is 2. The largest absolute Gasteiger partial charge is 0.449 e. The number of hydrogen-bond donors (Lipinski definition) is 1. The Hall–Kier alpha value is -2.35. The van der Waals surface area contributed by atoms with Gasteiger partial charge in [-0.25, -0.2) is 9.59 Å². The van der Waals surface area contributed by atoms with Crippen molar-refractivity contribution in [1.29, 1.82) is 0 Å². The molecule has 2 fully saturated rings. The molecular formula is C18H24N2O6. The number of ether oxygens (including phenoxy) is 2. The van der Waals surface area contributed by atoms with Gasteiger partial charge in [-0.3, -0.25) is 4.79 Å². The lowest BCUT2D eigenvalue weighted by atomic mass is 9.95. The van der Waals surface area contributed by atoms with E-state index >= 15 is 0 Å². The zero-order valence-corrected chi connectivity index (χ0v) is 14.9. The Kier molecular flexibility index (Phi) is 5.92. The van der Waals surface area contributed by atoms with Crippen molar-refractivity contribution in [2.45, 2.75) is 32.1 Å². The lowest BCUT2D eigenvalue weighted by Gasteiger charge is -2.26. The summed E-state index contributed by atoms with van der Waals surface area (Å²) in [6.07, 6.45) is 2.01. The molecule has 0 aromatic carbocycles. The van der Waals surface area contributed by atoms with Crippen LogP contribution in [0, 0.1) is 6.92 Å². The van der Waals surface area contributed by atoms with Gasteiger partial charge in [0.2, 0.25) is 0 Å². The predicted molar refractivity (Wildman–Crippen MR) is 92.4 cm³/mol. The minimum Gasteiger partial charge on any atom is -0.449 e. The first-order valence-corrected chi connectivity index (χ1v) is 8.98. The standard InChI is InChI=1S/C18H24N2O6/c1-12-11-14(13-3-9-24-10-4-13)26-17(22)15(12)16(21)19-5-7-20-6-2-8-25-18(20)23/h11,13H,2-10H2,1H3,(H,19,21). The van der Waals surface area contributed by atoms with Gasteiger partial charge in [-0.2, -0.15) is 0 Å². The third kappa shape index (κ3) is 4.24. The molecule has 142 valence electrons. The normalized spacial score (nSPS) is 18.5. The van der Waals surface area contributed by atoms with Gasteiger partial charge in [-0.05, 0) is 37.8 Å². The van der Waals surface area contributed by atoms with Crippen molar-refractivity contribution in [2.75, 3.05) is 39.5 Å². The van der Waals surface area contributed by atoms with Crippen LogP contribution >= 0.6 is 0 Å². The van der Waals surface area contributed by atoms with Crippen molar-refractivity contribution in [2.24, 2.45) is 0 Å². The molecule has 0 bridgehead atoms. The van der Waals surface area contributed by atoms with Crippen LogP contribution in [0.1, 0.15) is 46.9 Å². The van der Waals surface area contributed by atoms with Crippen LogP contribution < -0.4 is 10.9 Å². The molecule has 1 aromatic rings. The number of cyclic esters (lactones) is 1. The number of aryl methyl sites for hydroxylation is 1. The zero-order chi connectivity index (χ0) is 18.5. The molecule has 8 nitrogen and oxygen atoms in total. The summed E-state index contributed by atoms with van der Waals surface area (Å²) in [7, 11) is 0. The van der Waals surface area contributed by atoms with E-state index in [0.29, 0.717) is 44.2 Å². The van der Waals surface area contributed by atoms with Crippen LogP contribution in [0.3, 0.4) is 0 Å².